The lowest BCUT2D eigenvalue weighted by atomic mass is 9.99. The van der Waals surface area contributed by atoms with Gasteiger partial charge in [0.2, 0.25) is 0 Å². The molecule has 0 aromatic rings. The summed E-state index contributed by atoms with van der Waals surface area (Å²) in [5.74, 6) is -0.827. The minimum atomic E-state index is -1.60. The summed E-state index contributed by atoms with van der Waals surface area (Å²) in [6, 6.07) is 0. The van der Waals surface area contributed by atoms with E-state index in [9.17, 15) is 30.0 Å². The lowest BCUT2D eigenvalue weighted by Crippen LogP contribution is -2.59. The van der Waals surface area contributed by atoms with Crippen LogP contribution in [0.3, 0.4) is 0 Å². The molecule has 1 heterocycles. The average Bonchev–Trinajstić information content (AvgIpc) is 3.27. The second-order valence-electron chi connectivity index (χ2n) is 17.3. The van der Waals surface area contributed by atoms with Gasteiger partial charge in [-0.25, -0.2) is 0 Å². The van der Waals surface area contributed by atoms with Crippen molar-refractivity contribution in [2.24, 2.45) is 0 Å². The predicted molar refractivity (Wildman–Crippen MR) is 252 cm³/mol. The Kier molecular flexibility index (Phi) is 39.6. The average molecular weight is 877 g/mol. The van der Waals surface area contributed by atoms with Crippen molar-refractivity contribution in [2.45, 2.75) is 250 Å². The molecule has 0 aromatic carbocycles. The number of rotatable bonds is 42. The number of allylic oxidation sites excluding steroid dienone is 8. The van der Waals surface area contributed by atoms with Gasteiger partial charge in [-0.1, -0.05) is 217 Å². The van der Waals surface area contributed by atoms with Crippen LogP contribution in [0.4, 0.5) is 0 Å². The molecule has 10 heteroatoms. The molecule has 360 valence electrons. The van der Waals surface area contributed by atoms with E-state index in [2.05, 4.69) is 32.1 Å². The van der Waals surface area contributed by atoms with Crippen LogP contribution in [0.1, 0.15) is 213 Å². The molecule has 0 bridgehead atoms. The number of aliphatic hydroxyl groups excluding tert-OH is 4. The molecular formula is C52H92O10. The van der Waals surface area contributed by atoms with Crippen LogP contribution in [-0.2, 0) is 28.5 Å². The van der Waals surface area contributed by atoms with E-state index in [1.165, 1.54) is 122 Å². The Morgan fingerprint density at radius 3 is 1.44 bits per heavy atom. The first kappa shape index (κ1) is 57.7. The Morgan fingerprint density at radius 2 is 0.952 bits per heavy atom. The Morgan fingerprint density at radius 1 is 0.516 bits per heavy atom. The number of hydrogen-bond donors (Lipinski definition) is 4. The molecule has 0 spiro atoms. The van der Waals surface area contributed by atoms with E-state index in [0.717, 1.165) is 57.8 Å². The summed E-state index contributed by atoms with van der Waals surface area (Å²) in [5, 5.41) is 40.2. The molecule has 0 saturated carbocycles. The van der Waals surface area contributed by atoms with E-state index < -0.39 is 49.4 Å². The fourth-order valence-corrected chi connectivity index (χ4v) is 7.61. The molecule has 1 aliphatic rings. The number of unbranched alkanes of at least 4 members (excludes halogenated alkanes) is 26. The number of aliphatic hydroxyl groups is 4. The molecule has 0 amide bonds. The summed E-state index contributed by atoms with van der Waals surface area (Å²) in [5.41, 5.74) is 0. The predicted octanol–water partition coefficient (Wildman–Crippen LogP) is 11.6. The molecule has 0 radical (unpaired) electrons. The van der Waals surface area contributed by atoms with Gasteiger partial charge in [0.25, 0.3) is 0 Å². The molecule has 2 unspecified atom stereocenters. The molecule has 62 heavy (non-hydrogen) atoms. The lowest BCUT2D eigenvalue weighted by Gasteiger charge is -2.39. The fraction of sp³-hybridized carbons (Fsp3) is 0.808. The lowest BCUT2D eigenvalue weighted by molar-refractivity contribution is -0.305. The van der Waals surface area contributed by atoms with Gasteiger partial charge in [0.05, 0.1) is 13.2 Å². The van der Waals surface area contributed by atoms with Crippen molar-refractivity contribution in [1.29, 1.82) is 0 Å². The van der Waals surface area contributed by atoms with Crippen molar-refractivity contribution in [1.82, 2.24) is 0 Å². The molecule has 4 N–H and O–H groups in total. The molecule has 6 atom stereocenters. The monoisotopic (exact) mass is 877 g/mol. The van der Waals surface area contributed by atoms with E-state index in [1.807, 2.05) is 30.4 Å². The Hall–Kier alpha value is -2.34. The normalized spacial score (nSPS) is 20.0. The van der Waals surface area contributed by atoms with Crippen molar-refractivity contribution in [2.75, 3.05) is 19.8 Å². The van der Waals surface area contributed by atoms with Gasteiger partial charge < -0.3 is 39.4 Å². The highest BCUT2D eigenvalue weighted by Gasteiger charge is 2.44. The third kappa shape index (κ3) is 33.2. The molecule has 0 aromatic heterocycles. The van der Waals surface area contributed by atoms with Gasteiger partial charge in [0.1, 0.15) is 31.0 Å². The van der Waals surface area contributed by atoms with Gasteiger partial charge in [-0.3, -0.25) is 9.59 Å². The van der Waals surface area contributed by atoms with Crippen molar-refractivity contribution < 1.29 is 49.0 Å². The van der Waals surface area contributed by atoms with Gasteiger partial charge in [0, 0.05) is 12.8 Å². The Bertz CT molecular complexity index is 1150. The number of esters is 2. The largest absolute Gasteiger partial charge is 0.462 e. The van der Waals surface area contributed by atoms with Crippen molar-refractivity contribution in [3.8, 4) is 0 Å². The van der Waals surface area contributed by atoms with Crippen LogP contribution in [0.2, 0.25) is 0 Å². The van der Waals surface area contributed by atoms with E-state index in [1.54, 1.807) is 0 Å². The summed E-state index contributed by atoms with van der Waals surface area (Å²) in [7, 11) is 0. The zero-order valence-corrected chi connectivity index (χ0v) is 39.4. The molecule has 1 fully saturated rings. The summed E-state index contributed by atoms with van der Waals surface area (Å²) >= 11 is 0. The molecule has 10 nitrogen and oxygen atoms in total. The molecular weight excluding hydrogens is 785 g/mol. The number of ether oxygens (including phenoxy) is 4. The van der Waals surface area contributed by atoms with Crippen LogP contribution in [0.5, 0.6) is 0 Å². The third-order valence-corrected chi connectivity index (χ3v) is 11.6. The smallest absolute Gasteiger partial charge is 0.306 e. The molecule has 1 saturated heterocycles. The van der Waals surface area contributed by atoms with E-state index in [4.69, 9.17) is 18.9 Å². The van der Waals surface area contributed by atoms with Crippen molar-refractivity contribution >= 4 is 11.9 Å². The zero-order chi connectivity index (χ0) is 45.1. The summed E-state index contributed by atoms with van der Waals surface area (Å²) < 4.78 is 22.2. The van der Waals surface area contributed by atoms with E-state index >= 15 is 0 Å². The standard InChI is InChI=1S/C52H92O10/c1-3-5-7-9-11-13-15-17-19-20-21-22-23-24-25-27-28-30-32-34-36-38-40-47(54)59-43-45(44-60-52-51(58)50(57)49(56)46(42-53)62-52)61-48(55)41-39-37-35-33-31-29-26-18-16-14-12-10-8-6-4-2/h6,8,10,12,14,16,18,26,45-46,49-53,56-58H,3-5,7,9,11,13,15,17,19-25,27-44H2,1-2H3/b8-6+,12-10+,16-14+,26-18+/t45-,46-,49+,50?,51?,52-/m0/s1. The van der Waals surface area contributed by atoms with Crippen LogP contribution in [0.25, 0.3) is 0 Å². The number of hydrogen-bond acceptors (Lipinski definition) is 10. The van der Waals surface area contributed by atoms with Crippen molar-refractivity contribution in [3.63, 3.8) is 0 Å². The summed E-state index contributed by atoms with van der Waals surface area (Å²) in [6.45, 7) is 3.28. The number of carbonyl (C=O) groups is 2. The first-order chi connectivity index (χ1) is 30.3. The van der Waals surface area contributed by atoms with Gasteiger partial charge >= 0.3 is 11.9 Å². The molecule has 1 aliphatic heterocycles. The van der Waals surface area contributed by atoms with Gasteiger partial charge in [-0.15, -0.1) is 0 Å². The maximum absolute atomic E-state index is 12.8. The Labute approximate surface area is 378 Å². The first-order valence-corrected chi connectivity index (χ1v) is 25.3. The second kappa shape index (κ2) is 42.6. The van der Waals surface area contributed by atoms with Gasteiger partial charge in [-0.2, -0.15) is 0 Å². The SMILES string of the molecule is CC/C=C/C=C/C=C/C=C/CCCCCCCC(=O)O[C@@H](COC(=O)CCCCCCCCCCCCCCCCCCCCCCCC)CO[C@H]1O[C@@H](CO)[C@@H](O)C(O)C1O. The maximum Gasteiger partial charge on any atom is 0.306 e. The third-order valence-electron chi connectivity index (χ3n) is 11.6. The Balaban J connectivity index is 2.25. The quantitative estimate of drug-likeness (QED) is 0.0265. The minimum Gasteiger partial charge on any atom is -0.462 e. The fourth-order valence-electron chi connectivity index (χ4n) is 7.61. The molecule has 0 aliphatic carbocycles. The summed E-state index contributed by atoms with van der Waals surface area (Å²) in [4.78, 5) is 25.4. The van der Waals surface area contributed by atoms with Crippen molar-refractivity contribution in [3.05, 3.63) is 48.6 Å². The first-order valence-electron chi connectivity index (χ1n) is 25.3. The second-order valence-corrected chi connectivity index (χ2v) is 17.3. The van der Waals surface area contributed by atoms with Crippen LogP contribution < -0.4 is 0 Å². The van der Waals surface area contributed by atoms with Crippen LogP contribution >= 0.6 is 0 Å². The zero-order valence-electron chi connectivity index (χ0n) is 39.4. The van der Waals surface area contributed by atoms with Crippen LogP contribution in [0, 0.1) is 0 Å². The highest BCUT2D eigenvalue weighted by Crippen LogP contribution is 2.23. The topological polar surface area (TPSA) is 152 Å². The van der Waals surface area contributed by atoms with Gasteiger partial charge in [0.15, 0.2) is 12.4 Å². The highest BCUT2D eigenvalue weighted by atomic mass is 16.7. The summed E-state index contributed by atoms with van der Waals surface area (Å²) in [6.07, 6.45) is 44.1. The molecule has 1 rings (SSSR count). The van der Waals surface area contributed by atoms with E-state index in [-0.39, 0.29) is 32.0 Å². The minimum absolute atomic E-state index is 0.204. The van der Waals surface area contributed by atoms with Crippen LogP contribution in [0.15, 0.2) is 48.6 Å². The number of carbonyl (C=O) groups excluding carboxylic acids is 2. The maximum atomic E-state index is 12.8. The van der Waals surface area contributed by atoms with Gasteiger partial charge in [-0.05, 0) is 32.1 Å². The van der Waals surface area contributed by atoms with E-state index in [0.29, 0.717) is 6.42 Å². The highest BCUT2D eigenvalue weighted by molar-refractivity contribution is 5.70. The van der Waals surface area contributed by atoms with Crippen LogP contribution in [-0.4, -0.2) is 89.0 Å².